The average molecular weight is 487 g/mol. The van der Waals surface area contributed by atoms with Crippen LogP contribution in [0.1, 0.15) is 22.5 Å². The Kier molecular flexibility index (Phi) is 6.63. The van der Waals surface area contributed by atoms with Crippen LogP contribution < -0.4 is 11.1 Å². The Morgan fingerprint density at radius 2 is 1.85 bits per heavy atom. The molecule has 0 aliphatic carbocycles. The van der Waals surface area contributed by atoms with Gasteiger partial charge in [-0.15, -0.1) is 0 Å². The number of fused-ring (bicyclic) bond motifs is 1. The van der Waals surface area contributed by atoms with E-state index < -0.39 is 23.7 Å². The molecule has 4 N–H and O–H groups in total. The van der Waals surface area contributed by atoms with Gasteiger partial charge in [0.25, 0.3) is 0 Å². The third kappa shape index (κ3) is 5.40. The van der Waals surface area contributed by atoms with Crippen LogP contribution in [-0.4, -0.2) is 21.9 Å². The van der Waals surface area contributed by atoms with Gasteiger partial charge in [0.05, 0.1) is 29.2 Å². The number of carbonyl (C=O) groups excluding carboxylic acids is 1. The fourth-order valence-electron chi connectivity index (χ4n) is 3.62. The summed E-state index contributed by atoms with van der Waals surface area (Å²) in [7, 11) is 0. The van der Waals surface area contributed by atoms with E-state index >= 15 is 0 Å². The van der Waals surface area contributed by atoms with Crippen molar-refractivity contribution in [3.63, 3.8) is 0 Å². The predicted octanol–water partition coefficient (Wildman–Crippen LogP) is 5.40. The number of alkyl halides is 3. The van der Waals surface area contributed by atoms with Gasteiger partial charge in [0, 0.05) is 5.02 Å². The summed E-state index contributed by atoms with van der Waals surface area (Å²) in [5, 5.41) is 3.37. The number of hydrogen-bond acceptors (Lipinski definition) is 3. The second-order valence-electron chi connectivity index (χ2n) is 8.11. The van der Waals surface area contributed by atoms with Gasteiger partial charge in [-0.2, -0.15) is 13.2 Å². The van der Waals surface area contributed by atoms with Crippen molar-refractivity contribution in [2.45, 2.75) is 32.1 Å². The van der Waals surface area contributed by atoms with Crippen LogP contribution in [0.4, 0.5) is 13.2 Å². The largest absolute Gasteiger partial charge is 0.416 e. The molecule has 0 aliphatic heterocycles. The lowest BCUT2D eigenvalue weighted by Crippen LogP contribution is -2.41. The second kappa shape index (κ2) is 9.48. The summed E-state index contributed by atoms with van der Waals surface area (Å²) >= 11 is 6.24. The van der Waals surface area contributed by atoms with E-state index in [0.29, 0.717) is 16.4 Å². The first-order valence-corrected chi connectivity index (χ1v) is 10.9. The number of nitrogens with zero attached hydrogens (tertiary/aromatic N) is 1. The van der Waals surface area contributed by atoms with Gasteiger partial charge in [0.2, 0.25) is 5.91 Å². The van der Waals surface area contributed by atoms with Gasteiger partial charge in [-0.05, 0) is 59.9 Å². The molecule has 9 heteroatoms. The molecule has 34 heavy (non-hydrogen) atoms. The van der Waals surface area contributed by atoms with Crippen LogP contribution >= 0.6 is 11.6 Å². The van der Waals surface area contributed by atoms with Gasteiger partial charge >= 0.3 is 6.18 Å². The number of benzene rings is 3. The normalized spacial score (nSPS) is 12.6. The summed E-state index contributed by atoms with van der Waals surface area (Å²) in [6.07, 6.45) is -4.46. The molecule has 4 aromatic rings. The molecule has 0 saturated heterocycles. The minimum atomic E-state index is -4.45. The molecule has 5 nitrogen and oxygen atoms in total. The minimum Gasteiger partial charge on any atom is -0.348 e. The number of hydrogen-bond donors (Lipinski definition) is 3. The van der Waals surface area contributed by atoms with Crippen molar-refractivity contribution in [2.75, 3.05) is 0 Å². The van der Waals surface area contributed by atoms with E-state index in [-0.39, 0.29) is 13.0 Å². The summed E-state index contributed by atoms with van der Waals surface area (Å²) in [6.45, 7) is 2.05. The molecule has 0 fully saturated rings. The van der Waals surface area contributed by atoms with E-state index in [1.165, 1.54) is 12.1 Å². The molecule has 1 amide bonds. The van der Waals surface area contributed by atoms with E-state index in [1.807, 2.05) is 43.3 Å². The lowest BCUT2D eigenvalue weighted by molar-refractivity contribution is -0.137. The van der Waals surface area contributed by atoms with Crippen LogP contribution in [0.15, 0.2) is 60.7 Å². The highest BCUT2D eigenvalue weighted by Crippen LogP contribution is 2.30. The molecule has 1 aromatic heterocycles. The number of aromatic nitrogens is 2. The van der Waals surface area contributed by atoms with Crippen molar-refractivity contribution >= 4 is 28.5 Å². The Morgan fingerprint density at radius 3 is 2.59 bits per heavy atom. The molecule has 0 radical (unpaired) electrons. The summed E-state index contributed by atoms with van der Waals surface area (Å²) in [5.74, 6) is 0.0570. The third-order valence-corrected chi connectivity index (χ3v) is 5.92. The van der Waals surface area contributed by atoms with E-state index in [4.69, 9.17) is 17.3 Å². The zero-order valence-electron chi connectivity index (χ0n) is 18.2. The van der Waals surface area contributed by atoms with Crippen LogP contribution in [0.3, 0.4) is 0 Å². The predicted molar refractivity (Wildman–Crippen MR) is 126 cm³/mol. The van der Waals surface area contributed by atoms with Crippen molar-refractivity contribution in [2.24, 2.45) is 5.73 Å². The number of imidazole rings is 1. The lowest BCUT2D eigenvalue weighted by Gasteiger charge is -2.13. The molecule has 0 aliphatic rings. The standard InChI is InChI=1S/C25H22ClF3N4O/c1-14-5-6-16(11-19(14)26)17-7-8-21-22(12-17)33-23(32-21)13-31-24(34)20(30)10-15-3-2-4-18(9-15)25(27,28)29/h2-9,11-12,20H,10,13,30H2,1H3,(H,31,34)(H,32,33)/t20-/m1/s1. The van der Waals surface area contributed by atoms with Gasteiger partial charge in [-0.3, -0.25) is 4.79 Å². The molecule has 0 spiro atoms. The molecule has 1 heterocycles. The first kappa shape index (κ1) is 23.8. The zero-order chi connectivity index (χ0) is 24.5. The number of aryl methyl sites for hydroxylation is 1. The Morgan fingerprint density at radius 1 is 1.12 bits per heavy atom. The maximum absolute atomic E-state index is 12.9. The van der Waals surface area contributed by atoms with Crippen molar-refractivity contribution in [1.29, 1.82) is 0 Å². The summed E-state index contributed by atoms with van der Waals surface area (Å²) in [5.41, 5.74) is 9.96. The number of halogens is 4. The van der Waals surface area contributed by atoms with E-state index in [0.717, 1.165) is 39.9 Å². The molecule has 0 bridgehead atoms. The van der Waals surface area contributed by atoms with Crippen LogP contribution in [-0.2, 0) is 23.9 Å². The van der Waals surface area contributed by atoms with E-state index in [2.05, 4.69) is 15.3 Å². The lowest BCUT2D eigenvalue weighted by atomic mass is 10.0. The highest BCUT2D eigenvalue weighted by Gasteiger charge is 2.30. The molecule has 176 valence electrons. The molecule has 0 unspecified atom stereocenters. The topological polar surface area (TPSA) is 83.8 Å². The molecular weight excluding hydrogens is 465 g/mol. The van der Waals surface area contributed by atoms with Gasteiger partial charge in [0.15, 0.2) is 0 Å². The molecular formula is C25H22ClF3N4O. The maximum Gasteiger partial charge on any atom is 0.416 e. The van der Waals surface area contributed by atoms with Crippen LogP contribution in [0.25, 0.3) is 22.2 Å². The maximum atomic E-state index is 12.9. The number of H-pyrrole nitrogens is 1. The number of nitrogens with one attached hydrogen (secondary N) is 2. The number of amides is 1. The summed E-state index contributed by atoms with van der Waals surface area (Å²) in [4.78, 5) is 20.0. The highest BCUT2D eigenvalue weighted by atomic mass is 35.5. The third-order valence-electron chi connectivity index (χ3n) is 5.51. The molecule has 0 saturated carbocycles. The fraction of sp³-hybridized carbons (Fsp3) is 0.200. The zero-order valence-corrected chi connectivity index (χ0v) is 19.0. The number of nitrogens with two attached hydrogens (primary N) is 1. The fourth-order valence-corrected chi connectivity index (χ4v) is 3.80. The number of carbonyl (C=O) groups is 1. The molecule has 1 atom stereocenters. The number of aromatic amines is 1. The SMILES string of the molecule is Cc1ccc(-c2ccc3nc(CNC(=O)[C@H](N)Cc4cccc(C(F)(F)F)c4)[nH]c3c2)cc1Cl. The van der Waals surface area contributed by atoms with Crippen molar-refractivity contribution in [3.8, 4) is 11.1 Å². The van der Waals surface area contributed by atoms with Gasteiger partial charge in [-0.1, -0.05) is 48.0 Å². The Bertz CT molecular complexity index is 1350. The van der Waals surface area contributed by atoms with Crippen LogP contribution in [0.2, 0.25) is 5.02 Å². The van der Waals surface area contributed by atoms with Crippen LogP contribution in [0, 0.1) is 6.92 Å². The second-order valence-corrected chi connectivity index (χ2v) is 8.51. The Hall–Kier alpha value is -3.36. The van der Waals surface area contributed by atoms with Crippen molar-refractivity contribution in [3.05, 3.63) is 88.2 Å². The Balaban J connectivity index is 1.41. The van der Waals surface area contributed by atoms with Gasteiger partial charge in [-0.25, -0.2) is 4.98 Å². The van der Waals surface area contributed by atoms with Gasteiger partial charge in [0.1, 0.15) is 5.82 Å². The van der Waals surface area contributed by atoms with Gasteiger partial charge < -0.3 is 16.0 Å². The smallest absolute Gasteiger partial charge is 0.348 e. The molecule has 3 aromatic carbocycles. The first-order valence-electron chi connectivity index (χ1n) is 10.5. The highest BCUT2D eigenvalue weighted by molar-refractivity contribution is 6.31. The quantitative estimate of drug-likeness (QED) is 0.341. The average Bonchev–Trinajstić information content (AvgIpc) is 3.21. The van der Waals surface area contributed by atoms with Crippen molar-refractivity contribution < 1.29 is 18.0 Å². The summed E-state index contributed by atoms with van der Waals surface area (Å²) in [6, 6.07) is 15.4. The minimum absolute atomic E-state index is 0.0155. The van der Waals surface area contributed by atoms with Crippen LogP contribution in [0.5, 0.6) is 0 Å². The van der Waals surface area contributed by atoms with Crippen molar-refractivity contribution in [1.82, 2.24) is 15.3 Å². The Labute approximate surface area is 199 Å². The van der Waals surface area contributed by atoms with E-state index in [1.54, 1.807) is 0 Å². The first-order chi connectivity index (χ1) is 16.1. The van der Waals surface area contributed by atoms with E-state index in [9.17, 15) is 18.0 Å². The monoisotopic (exact) mass is 486 g/mol. The summed E-state index contributed by atoms with van der Waals surface area (Å²) < 4.78 is 38.7. The molecule has 4 rings (SSSR count). The number of rotatable bonds is 6.